The number of amides is 1. The number of carbonyl (C=O) groups is 1. The third kappa shape index (κ3) is 4.65. The van der Waals surface area contributed by atoms with Crippen LogP contribution < -0.4 is 10.2 Å². The second kappa shape index (κ2) is 9.57. The molecule has 3 heterocycles. The third-order valence-corrected chi connectivity index (χ3v) is 7.18. The van der Waals surface area contributed by atoms with Crippen molar-refractivity contribution < 1.29 is 9.72 Å². The maximum atomic E-state index is 12.9. The van der Waals surface area contributed by atoms with Crippen LogP contribution in [0, 0.1) is 16.0 Å². The number of hydrogen-bond acceptors (Lipinski definition) is 6. The number of piperidine rings is 1. The number of para-hydroxylation sites is 2. The van der Waals surface area contributed by atoms with Crippen LogP contribution >= 0.6 is 11.3 Å². The molecule has 160 valence electrons. The van der Waals surface area contributed by atoms with Gasteiger partial charge in [0.25, 0.3) is 5.69 Å². The van der Waals surface area contributed by atoms with Gasteiger partial charge in [-0.05, 0) is 56.3 Å². The van der Waals surface area contributed by atoms with E-state index >= 15 is 0 Å². The van der Waals surface area contributed by atoms with Gasteiger partial charge in [-0.1, -0.05) is 18.2 Å². The predicted octanol–water partition coefficient (Wildman–Crippen LogP) is 3.83. The number of rotatable bonds is 7. The number of likely N-dealkylation sites (tertiary alicyclic amines) is 1. The lowest BCUT2D eigenvalue weighted by atomic mass is 9.95. The Hall–Kier alpha value is -2.45. The molecule has 1 aromatic heterocycles. The van der Waals surface area contributed by atoms with Gasteiger partial charge in [-0.15, -0.1) is 11.3 Å². The van der Waals surface area contributed by atoms with E-state index in [1.807, 2.05) is 11.0 Å². The molecule has 0 spiro atoms. The van der Waals surface area contributed by atoms with Gasteiger partial charge >= 0.3 is 0 Å². The van der Waals surface area contributed by atoms with Gasteiger partial charge in [0.1, 0.15) is 5.69 Å². The number of hydrogen-bond donors (Lipinski definition) is 1. The number of nitro groups is 1. The lowest BCUT2D eigenvalue weighted by Crippen LogP contribution is -2.43. The van der Waals surface area contributed by atoms with Gasteiger partial charge in [-0.2, -0.15) is 0 Å². The zero-order chi connectivity index (χ0) is 20.9. The molecular weight excluding hydrogens is 400 g/mol. The van der Waals surface area contributed by atoms with Gasteiger partial charge in [0.2, 0.25) is 5.91 Å². The maximum absolute atomic E-state index is 12.9. The van der Waals surface area contributed by atoms with Crippen LogP contribution in [-0.2, 0) is 4.79 Å². The summed E-state index contributed by atoms with van der Waals surface area (Å²) >= 11 is 1.75. The molecule has 1 N–H and O–H groups in total. The molecular formula is C22H28N4O3S. The summed E-state index contributed by atoms with van der Waals surface area (Å²) in [7, 11) is 0. The average molecular weight is 429 g/mol. The molecule has 0 bridgehead atoms. The molecule has 1 unspecified atom stereocenters. The van der Waals surface area contributed by atoms with E-state index in [1.165, 1.54) is 23.8 Å². The summed E-state index contributed by atoms with van der Waals surface area (Å²) in [5.74, 6) is 0.0737. The van der Waals surface area contributed by atoms with Gasteiger partial charge in [0.15, 0.2) is 0 Å². The summed E-state index contributed by atoms with van der Waals surface area (Å²) in [6.07, 6.45) is 3.87. The fourth-order valence-electron chi connectivity index (χ4n) is 4.55. The topological polar surface area (TPSA) is 78.7 Å². The standard InChI is InChI=1S/C22H28N4O3S/c27-22(23-16-20(21-8-5-15-30-21)24-11-3-4-12-24)17-9-13-25(14-10-17)18-6-1-2-7-19(18)26(28)29/h1-2,5-8,15,17,20H,3-4,9-14,16H2,(H,23,27). The van der Waals surface area contributed by atoms with Crippen molar-refractivity contribution >= 4 is 28.6 Å². The van der Waals surface area contributed by atoms with Crippen molar-refractivity contribution in [3.63, 3.8) is 0 Å². The molecule has 0 radical (unpaired) electrons. The first-order chi connectivity index (χ1) is 14.6. The smallest absolute Gasteiger partial charge is 0.292 e. The highest BCUT2D eigenvalue weighted by molar-refractivity contribution is 7.10. The minimum Gasteiger partial charge on any atom is -0.366 e. The molecule has 2 aliphatic rings. The molecule has 1 amide bonds. The van der Waals surface area contributed by atoms with Crippen LogP contribution in [0.3, 0.4) is 0 Å². The molecule has 30 heavy (non-hydrogen) atoms. The van der Waals surface area contributed by atoms with E-state index in [0.717, 1.165) is 13.1 Å². The maximum Gasteiger partial charge on any atom is 0.292 e. The lowest BCUT2D eigenvalue weighted by molar-refractivity contribution is -0.384. The third-order valence-electron chi connectivity index (χ3n) is 6.21. The van der Waals surface area contributed by atoms with Crippen molar-refractivity contribution in [3.05, 3.63) is 56.8 Å². The van der Waals surface area contributed by atoms with E-state index in [1.54, 1.807) is 23.5 Å². The van der Waals surface area contributed by atoms with Crippen molar-refractivity contribution in [2.24, 2.45) is 5.92 Å². The first-order valence-corrected chi connectivity index (χ1v) is 11.5. The Balaban J connectivity index is 1.33. The van der Waals surface area contributed by atoms with Gasteiger partial charge in [0.05, 0.1) is 11.0 Å². The minimum atomic E-state index is -0.336. The van der Waals surface area contributed by atoms with Crippen molar-refractivity contribution in [3.8, 4) is 0 Å². The van der Waals surface area contributed by atoms with E-state index in [2.05, 4.69) is 27.7 Å². The highest BCUT2D eigenvalue weighted by Gasteiger charge is 2.30. The fourth-order valence-corrected chi connectivity index (χ4v) is 5.41. The monoisotopic (exact) mass is 428 g/mol. The highest BCUT2D eigenvalue weighted by atomic mass is 32.1. The largest absolute Gasteiger partial charge is 0.366 e. The Bertz CT molecular complexity index is 859. The SMILES string of the molecule is O=C(NCC(c1cccs1)N1CCCC1)C1CCN(c2ccccc2[N+](=O)[O-])CC1. The molecule has 2 saturated heterocycles. The molecule has 8 heteroatoms. The lowest BCUT2D eigenvalue weighted by Gasteiger charge is -2.33. The number of nitrogens with one attached hydrogen (secondary N) is 1. The van der Waals surface area contributed by atoms with E-state index in [9.17, 15) is 14.9 Å². The highest BCUT2D eigenvalue weighted by Crippen LogP contribution is 2.32. The zero-order valence-electron chi connectivity index (χ0n) is 17.0. The van der Waals surface area contributed by atoms with Gasteiger partial charge in [-0.25, -0.2) is 0 Å². The number of benzene rings is 1. The fraction of sp³-hybridized carbons (Fsp3) is 0.500. The molecule has 2 fully saturated rings. The molecule has 0 aliphatic carbocycles. The molecule has 0 saturated carbocycles. The van der Waals surface area contributed by atoms with E-state index < -0.39 is 0 Å². The van der Waals surface area contributed by atoms with Crippen LogP contribution in [0.2, 0.25) is 0 Å². The number of carbonyl (C=O) groups excluding carboxylic acids is 1. The van der Waals surface area contributed by atoms with E-state index in [-0.39, 0.29) is 28.5 Å². The summed E-state index contributed by atoms with van der Waals surface area (Å²) in [5, 5.41) is 16.6. The van der Waals surface area contributed by atoms with Gasteiger partial charge in [-0.3, -0.25) is 19.8 Å². The summed E-state index contributed by atoms with van der Waals surface area (Å²) < 4.78 is 0. The molecule has 4 rings (SSSR count). The summed E-state index contributed by atoms with van der Waals surface area (Å²) in [4.78, 5) is 29.6. The van der Waals surface area contributed by atoms with Gasteiger partial charge < -0.3 is 10.2 Å². The Labute approximate surface area is 180 Å². The van der Waals surface area contributed by atoms with Crippen molar-refractivity contribution in [2.45, 2.75) is 31.7 Å². The van der Waals surface area contributed by atoms with Crippen molar-refractivity contribution in [2.75, 3.05) is 37.6 Å². The van der Waals surface area contributed by atoms with Gasteiger partial charge in [0, 0.05) is 36.5 Å². The molecule has 7 nitrogen and oxygen atoms in total. The quantitative estimate of drug-likeness (QED) is 0.536. The van der Waals surface area contributed by atoms with Crippen LogP contribution in [0.4, 0.5) is 11.4 Å². The first-order valence-electron chi connectivity index (χ1n) is 10.7. The second-order valence-corrected chi connectivity index (χ2v) is 9.01. The average Bonchev–Trinajstić information content (AvgIpc) is 3.49. The molecule has 2 aromatic rings. The van der Waals surface area contributed by atoms with Crippen LogP contribution in [0.1, 0.15) is 36.6 Å². The van der Waals surface area contributed by atoms with E-state index in [4.69, 9.17) is 0 Å². The number of nitrogens with zero attached hydrogens (tertiary/aromatic N) is 3. The summed E-state index contributed by atoms with van der Waals surface area (Å²) in [6, 6.07) is 11.3. The van der Waals surface area contributed by atoms with Crippen molar-refractivity contribution in [1.82, 2.24) is 10.2 Å². The Morgan fingerprint density at radius 2 is 1.87 bits per heavy atom. The summed E-state index contributed by atoms with van der Waals surface area (Å²) in [5.41, 5.74) is 0.776. The Kier molecular flexibility index (Phi) is 6.64. The molecule has 1 atom stereocenters. The summed E-state index contributed by atoms with van der Waals surface area (Å²) in [6.45, 7) is 4.13. The number of thiophene rings is 1. The van der Waals surface area contributed by atoms with Crippen LogP contribution in [0.15, 0.2) is 41.8 Å². The van der Waals surface area contributed by atoms with Crippen molar-refractivity contribution in [1.29, 1.82) is 0 Å². The number of nitro benzene ring substituents is 1. The van der Waals surface area contributed by atoms with Crippen LogP contribution in [-0.4, -0.2) is 48.5 Å². The molecule has 1 aromatic carbocycles. The minimum absolute atomic E-state index is 0.0356. The van der Waals surface area contributed by atoms with E-state index in [0.29, 0.717) is 38.2 Å². The normalized spacial score (nSPS) is 19.0. The Morgan fingerprint density at radius 1 is 1.13 bits per heavy atom. The first kappa shape index (κ1) is 20.8. The number of anilines is 1. The van der Waals surface area contributed by atoms with Crippen LogP contribution in [0.25, 0.3) is 0 Å². The zero-order valence-corrected chi connectivity index (χ0v) is 17.9. The second-order valence-electron chi connectivity index (χ2n) is 8.03. The molecule has 2 aliphatic heterocycles. The predicted molar refractivity (Wildman–Crippen MR) is 119 cm³/mol. The van der Waals surface area contributed by atoms with Crippen LogP contribution in [0.5, 0.6) is 0 Å². The Morgan fingerprint density at radius 3 is 2.53 bits per heavy atom.